The fourth-order valence-electron chi connectivity index (χ4n) is 3.92. The molecule has 1 aromatic heterocycles. The van der Waals surface area contributed by atoms with Gasteiger partial charge in [0.1, 0.15) is 0 Å². The normalized spacial score (nSPS) is 24.1. The largest absolute Gasteiger partial charge is 0.337 e. The Kier molecular flexibility index (Phi) is 3.80. The van der Waals surface area contributed by atoms with E-state index in [0.717, 1.165) is 35.2 Å². The van der Waals surface area contributed by atoms with E-state index in [-0.39, 0.29) is 5.91 Å². The average molecular weight is 323 g/mol. The van der Waals surface area contributed by atoms with Gasteiger partial charge in [-0.05, 0) is 45.0 Å². The molecule has 0 bridgehead atoms. The zero-order valence-electron chi connectivity index (χ0n) is 14.7. The lowest BCUT2D eigenvalue weighted by atomic mass is 10.0. The molecule has 1 aliphatic carbocycles. The Morgan fingerprint density at radius 3 is 2.62 bits per heavy atom. The summed E-state index contributed by atoms with van der Waals surface area (Å²) in [4.78, 5) is 22.3. The number of likely N-dealkylation sites (N-methyl/N-ethyl adjacent to an activating group) is 1. The van der Waals surface area contributed by atoms with Gasteiger partial charge < -0.3 is 9.80 Å². The van der Waals surface area contributed by atoms with Crippen LogP contribution in [-0.4, -0.2) is 53.9 Å². The van der Waals surface area contributed by atoms with Gasteiger partial charge >= 0.3 is 0 Å². The molecule has 0 unspecified atom stereocenters. The van der Waals surface area contributed by atoms with E-state index in [1.54, 1.807) is 0 Å². The minimum atomic E-state index is 0.159. The molecule has 0 radical (unpaired) electrons. The summed E-state index contributed by atoms with van der Waals surface area (Å²) in [6.07, 6.45) is 2.39. The van der Waals surface area contributed by atoms with Gasteiger partial charge in [-0.3, -0.25) is 9.78 Å². The molecule has 126 valence electrons. The second kappa shape index (κ2) is 5.85. The number of aromatic nitrogens is 1. The highest BCUT2D eigenvalue weighted by Gasteiger charge is 2.35. The van der Waals surface area contributed by atoms with Gasteiger partial charge in [0.25, 0.3) is 5.91 Å². The molecule has 0 spiro atoms. The lowest BCUT2D eigenvalue weighted by Gasteiger charge is -2.22. The van der Waals surface area contributed by atoms with Crippen molar-refractivity contribution in [1.29, 1.82) is 0 Å². The molecule has 4 nitrogen and oxygen atoms in total. The summed E-state index contributed by atoms with van der Waals surface area (Å²) in [5, 5.41) is 0.979. The summed E-state index contributed by atoms with van der Waals surface area (Å²) in [5.41, 5.74) is 2.87. The van der Waals surface area contributed by atoms with Gasteiger partial charge in [-0.15, -0.1) is 0 Å². The zero-order chi connectivity index (χ0) is 16.8. The number of carbonyl (C=O) groups is 1. The third kappa shape index (κ3) is 2.69. The Bertz CT molecular complexity index is 782. The van der Waals surface area contributed by atoms with Crippen LogP contribution in [0.2, 0.25) is 0 Å². The molecule has 0 N–H and O–H groups in total. The quantitative estimate of drug-likeness (QED) is 0.871. The topological polar surface area (TPSA) is 36.4 Å². The van der Waals surface area contributed by atoms with E-state index in [0.29, 0.717) is 17.9 Å². The van der Waals surface area contributed by atoms with Crippen molar-refractivity contribution in [1.82, 2.24) is 14.8 Å². The van der Waals surface area contributed by atoms with Crippen LogP contribution in [0.1, 0.15) is 41.7 Å². The first-order chi connectivity index (χ1) is 11.5. The number of pyridine rings is 1. The van der Waals surface area contributed by atoms with Gasteiger partial charge in [-0.25, -0.2) is 0 Å². The molecule has 2 fully saturated rings. The summed E-state index contributed by atoms with van der Waals surface area (Å²) in [7, 11) is 4.20. The van der Waals surface area contributed by atoms with Gasteiger partial charge in [0.2, 0.25) is 0 Å². The molecule has 4 rings (SSSR count). The molecule has 1 saturated heterocycles. The standard InChI is InChI=1S/C20H25N3O/c1-13-11-23(12-19(13)22(2)3)20(24)16-10-18(14-8-9-14)21-17-7-5-4-6-15(16)17/h4-7,10,13-14,19H,8-9,11-12H2,1-3H3/t13-,19-/m1/s1. The van der Waals surface area contributed by atoms with E-state index in [2.05, 4.69) is 32.0 Å². The summed E-state index contributed by atoms with van der Waals surface area (Å²) < 4.78 is 0. The van der Waals surface area contributed by atoms with Crippen LogP contribution in [0.15, 0.2) is 30.3 Å². The van der Waals surface area contributed by atoms with Crippen LogP contribution < -0.4 is 0 Å². The monoisotopic (exact) mass is 323 g/mol. The van der Waals surface area contributed by atoms with E-state index in [4.69, 9.17) is 4.98 Å². The Morgan fingerprint density at radius 2 is 1.96 bits per heavy atom. The highest BCUT2D eigenvalue weighted by atomic mass is 16.2. The van der Waals surface area contributed by atoms with Crippen molar-refractivity contribution in [2.45, 2.75) is 31.7 Å². The third-order valence-electron chi connectivity index (χ3n) is 5.49. The molecule has 4 heteroatoms. The molecule has 1 amide bonds. The molecule has 24 heavy (non-hydrogen) atoms. The summed E-state index contributed by atoms with van der Waals surface area (Å²) in [5.74, 6) is 1.21. The van der Waals surface area contributed by atoms with Crippen LogP contribution >= 0.6 is 0 Å². The number of fused-ring (bicyclic) bond motifs is 1. The van der Waals surface area contributed by atoms with Crippen molar-refractivity contribution in [2.75, 3.05) is 27.2 Å². The second-order valence-electron chi connectivity index (χ2n) is 7.60. The minimum Gasteiger partial charge on any atom is -0.337 e. The first-order valence-electron chi connectivity index (χ1n) is 8.90. The molecule has 1 aliphatic heterocycles. The molecular formula is C20H25N3O. The predicted molar refractivity (Wildman–Crippen MR) is 96.3 cm³/mol. The number of nitrogens with zero attached hydrogens (tertiary/aromatic N) is 3. The average Bonchev–Trinajstić information content (AvgIpc) is 3.35. The number of carbonyl (C=O) groups excluding carboxylic acids is 1. The second-order valence-corrected chi connectivity index (χ2v) is 7.60. The molecule has 1 saturated carbocycles. The summed E-state index contributed by atoms with van der Waals surface area (Å²) in [6, 6.07) is 10.5. The number of benzene rings is 1. The van der Waals surface area contributed by atoms with Crippen molar-refractivity contribution in [2.24, 2.45) is 5.92 Å². The Balaban J connectivity index is 1.71. The lowest BCUT2D eigenvalue weighted by molar-refractivity contribution is 0.0783. The third-order valence-corrected chi connectivity index (χ3v) is 5.49. The number of para-hydroxylation sites is 1. The molecule has 2 atom stereocenters. The number of hydrogen-bond donors (Lipinski definition) is 0. The summed E-state index contributed by atoms with van der Waals surface area (Å²) >= 11 is 0. The first kappa shape index (κ1) is 15.6. The van der Waals surface area contributed by atoms with Crippen molar-refractivity contribution in [3.05, 3.63) is 41.6 Å². The smallest absolute Gasteiger partial charge is 0.254 e. The van der Waals surface area contributed by atoms with Crippen molar-refractivity contribution in [3.63, 3.8) is 0 Å². The zero-order valence-corrected chi connectivity index (χ0v) is 14.7. The maximum atomic E-state index is 13.2. The van der Waals surface area contributed by atoms with Crippen molar-refractivity contribution >= 4 is 16.8 Å². The van der Waals surface area contributed by atoms with Gasteiger partial charge in [0, 0.05) is 36.1 Å². The van der Waals surface area contributed by atoms with Gasteiger partial charge in [0.15, 0.2) is 0 Å². The highest BCUT2D eigenvalue weighted by Crippen LogP contribution is 2.40. The molecule has 1 aromatic carbocycles. The minimum absolute atomic E-state index is 0.159. The Labute approximate surface area is 143 Å². The van der Waals surface area contributed by atoms with Gasteiger partial charge in [-0.2, -0.15) is 0 Å². The van der Waals surface area contributed by atoms with Crippen LogP contribution in [0.3, 0.4) is 0 Å². The van der Waals surface area contributed by atoms with Crippen LogP contribution in [-0.2, 0) is 0 Å². The number of amides is 1. The van der Waals surface area contributed by atoms with Gasteiger partial charge in [-0.1, -0.05) is 25.1 Å². The van der Waals surface area contributed by atoms with Crippen LogP contribution in [0.5, 0.6) is 0 Å². The van der Waals surface area contributed by atoms with E-state index in [1.807, 2.05) is 29.2 Å². The van der Waals surface area contributed by atoms with Crippen LogP contribution in [0, 0.1) is 5.92 Å². The van der Waals surface area contributed by atoms with E-state index in [1.165, 1.54) is 12.8 Å². The van der Waals surface area contributed by atoms with E-state index in [9.17, 15) is 4.79 Å². The molecular weight excluding hydrogens is 298 g/mol. The SMILES string of the molecule is C[C@@H]1CN(C(=O)c2cc(C3CC3)nc3ccccc23)C[C@H]1N(C)C. The lowest BCUT2D eigenvalue weighted by Crippen LogP contribution is -2.35. The Hall–Kier alpha value is -1.94. The van der Waals surface area contributed by atoms with Crippen molar-refractivity contribution < 1.29 is 4.79 Å². The fourth-order valence-corrected chi connectivity index (χ4v) is 3.92. The number of hydrogen-bond acceptors (Lipinski definition) is 3. The number of rotatable bonds is 3. The molecule has 2 aromatic rings. The maximum Gasteiger partial charge on any atom is 0.254 e. The molecule has 2 aliphatic rings. The highest BCUT2D eigenvalue weighted by molar-refractivity contribution is 6.06. The maximum absolute atomic E-state index is 13.2. The first-order valence-corrected chi connectivity index (χ1v) is 8.90. The van der Waals surface area contributed by atoms with Gasteiger partial charge in [0.05, 0.1) is 11.1 Å². The number of likely N-dealkylation sites (tertiary alicyclic amines) is 1. The van der Waals surface area contributed by atoms with E-state index < -0.39 is 0 Å². The van der Waals surface area contributed by atoms with Crippen molar-refractivity contribution in [3.8, 4) is 0 Å². The van der Waals surface area contributed by atoms with Crippen LogP contribution in [0.4, 0.5) is 0 Å². The Morgan fingerprint density at radius 1 is 1.21 bits per heavy atom. The van der Waals surface area contributed by atoms with Crippen LogP contribution in [0.25, 0.3) is 10.9 Å². The molecule has 2 heterocycles. The summed E-state index contributed by atoms with van der Waals surface area (Å²) in [6.45, 7) is 3.87. The van der Waals surface area contributed by atoms with E-state index >= 15 is 0 Å². The predicted octanol–water partition coefficient (Wildman–Crippen LogP) is 3.13. The fraction of sp³-hybridized carbons (Fsp3) is 0.500.